The van der Waals surface area contributed by atoms with Crippen molar-refractivity contribution >= 4 is 35.0 Å². The van der Waals surface area contributed by atoms with Gasteiger partial charge in [-0.1, -0.05) is 54.1 Å². The minimum Gasteiger partial charge on any atom is -0.497 e. The monoisotopic (exact) mass is 512 g/mol. The first-order valence-corrected chi connectivity index (χ1v) is 12.6. The first-order chi connectivity index (χ1) is 17.9. The molecule has 0 aliphatic carbocycles. The maximum atomic E-state index is 13.5. The van der Waals surface area contributed by atoms with Crippen LogP contribution in [0, 0.1) is 6.92 Å². The summed E-state index contributed by atoms with van der Waals surface area (Å²) in [5, 5.41) is 5.41. The largest absolute Gasteiger partial charge is 0.497 e. The molecule has 0 saturated heterocycles. The van der Waals surface area contributed by atoms with Crippen LogP contribution in [0.15, 0.2) is 102 Å². The van der Waals surface area contributed by atoms with Crippen molar-refractivity contribution in [2.75, 3.05) is 24.9 Å². The van der Waals surface area contributed by atoms with Crippen LogP contribution < -0.4 is 20.1 Å². The summed E-state index contributed by atoms with van der Waals surface area (Å²) in [6.45, 7) is 1.95. The fourth-order valence-electron chi connectivity index (χ4n) is 3.76. The van der Waals surface area contributed by atoms with E-state index in [1.807, 2.05) is 79.7 Å². The van der Waals surface area contributed by atoms with Crippen LogP contribution in [0.5, 0.6) is 11.5 Å². The van der Waals surface area contributed by atoms with Crippen molar-refractivity contribution in [2.45, 2.75) is 17.1 Å². The van der Waals surface area contributed by atoms with Gasteiger partial charge in [0.25, 0.3) is 5.91 Å². The van der Waals surface area contributed by atoms with Crippen molar-refractivity contribution in [1.29, 1.82) is 0 Å². The van der Waals surface area contributed by atoms with E-state index in [2.05, 4.69) is 10.6 Å². The second kappa shape index (κ2) is 12.1. The van der Waals surface area contributed by atoms with Crippen LogP contribution in [0.25, 0.3) is 0 Å². The van der Waals surface area contributed by atoms with E-state index in [1.165, 1.54) is 11.8 Å². The molecule has 0 aliphatic rings. The molecule has 1 atom stereocenters. The molecule has 0 aromatic heterocycles. The molecule has 37 heavy (non-hydrogen) atoms. The third-order valence-electron chi connectivity index (χ3n) is 5.59. The van der Waals surface area contributed by atoms with Crippen molar-refractivity contribution in [3.8, 4) is 11.5 Å². The van der Waals surface area contributed by atoms with E-state index in [4.69, 9.17) is 9.47 Å². The molecular weight excluding hydrogens is 484 g/mol. The number of hydrogen-bond acceptors (Lipinski definition) is 5. The number of carbonyl (C=O) groups excluding carboxylic acids is 2. The Morgan fingerprint density at radius 3 is 2.11 bits per heavy atom. The van der Waals surface area contributed by atoms with Gasteiger partial charge in [-0.25, -0.2) is 0 Å². The number of hydrogen-bond donors (Lipinski definition) is 2. The fraction of sp³-hybridized carbons (Fsp3) is 0.133. The van der Waals surface area contributed by atoms with Crippen LogP contribution >= 0.6 is 11.8 Å². The topological polar surface area (TPSA) is 76.7 Å². The standard InChI is InChI=1S/C30H28N2O4S/c1-20-9-7-12-22(15-20)29(33)31-23-13-8-14-27(18-23)37-28(21-10-5-4-6-11-21)30(34)32-24-16-25(35-2)19-26(17-24)36-3/h4-19,28H,1-3H3,(H,31,33)(H,32,34). The molecule has 0 heterocycles. The molecule has 0 spiro atoms. The number of methoxy groups -OCH3 is 2. The number of carbonyl (C=O) groups is 2. The normalized spacial score (nSPS) is 11.3. The van der Waals surface area contributed by atoms with Crippen molar-refractivity contribution < 1.29 is 19.1 Å². The van der Waals surface area contributed by atoms with Gasteiger partial charge in [0, 0.05) is 40.0 Å². The number of benzene rings is 4. The van der Waals surface area contributed by atoms with Crippen LogP contribution in [0.1, 0.15) is 26.7 Å². The number of rotatable bonds is 9. The highest BCUT2D eigenvalue weighted by molar-refractivity contribution is 8.00. The highest BCUT2D eigenvalue weighted by atomic mass is 32.2. The minimum atomic E-state index is -0.541. The zero-order chi connectivity index (χ0) is 26.2. The van der Waals surface area contributed by atoms with Crippen LogP contribution in [0.4, 0.5) is 11.4 Å². The smallest absolute Gasteiger partial charge is 0.255 e. The van der Waals surface area contributed by atoms with Gasteiger partial charge in [0.1, 0.15) is 16.7 Å². The Hall–Kier alpha value is -4.23. The first-order valence-electron chi connectivity index (χ1n) is 11.7. The van der Waals surface area contributed by atoms with Gasteiger partial charge in [0.2, 0.25) is 5.91 Å². The summed E-state index contributed by atoms with van der Waals surface area (Å²) < 4.78 is 10.7. The molecule has 0 fully saturated rings. The molecule has 7 heteroatoms. The molecule has 0 radical (unpaired) electrons. The number of ether oxygens (including phenoxy) is 2. The predicted molar refractivity (Wildman–Crippen MR) is 149 cm³/mol. The van der Waals surface area contributed by atoms with E-state index < -0.39 is 5.25 Å². The molecule has 0 aliphatic heterocycles. The maximum Gasteiger partial charge on any atom is 0.255 e. The van der Waals surface area contributed by atoms with Gasteiger partial charge in [0.15, 0.2) is 0 Å². The lowest BCUT2D eigenvalue weighted by molar-refractivity contribution is -0.115. The van der Waals surface area contributed by atoms with Crippen molar-refractivity contribution in [1.82, 2.24) is 0 Å². The molecule has 2 amide bonds. The average molecular weight is 513 g/mol. The van der Waals surface area contributed by atoms with E-state index in [0.717, 1.165) is 16.0 Å². The minimum absolute atomic E-state index is 0.185. The number of amides is 2. The van der Waals surface area contributed by atoms with Gasteiger partial charge < -0.3 is 20.1 Å². The van der Waals surface area contributed by atoms with Gasteiger partial charge in [-0.05, 0) is 42.8 Å². The lowest BCUT2D eigenvalue weighted by Crippen LogP contribution is -2.19. The Labute approximate surface area is 221 Å². The van der Waals surface area contributed by atoms with E-state index >= 15 is 0 Å². The zero-order valence-corrected chi connectivity index (χ0v) is 21.7. The molecule has 4 aromatic rings. The molecule has 4 rings (SSSR count). The first kappa shape index (κ1) is 25.9. The summed E-state index contributed by atoms with van der Waals surface area (Å²) in [6, 6.07) is 29.7. The molecule has 6 nitrogen and oxygen atoms in total. The van der Waals surface area contributed by atoms with E-state index in [-0.39, 0.29) is 11.8 Å². The summed E-state index contributed by atoms with van der Waals surface area (Å²) >= 11 is 1.40. The van der Waals surface area contributed by atoms with Crippen LogP contribution in [-0.2, 0) is 4.79 Å². The lowest BCUT2D eigenvalue weighted by Gasteiger charge is -2.18. The van der Waals surface area contributed by atoms with Crippen molar-refractivity contribution in [2.24, 2.45) is 0 Å². The molecular formula is C30H28N2O4S. The highest BCUT2D eigenvalue weighted by Crippen LogP contribution is 2.38. The summed E-state index contributed by atoms with van der Waals surface area (Å²) in [5.41, 5.74) is 3.69. The van der Waals surface area contributed by atoms with Crippen molar-refractivity contribution in [3.63, 3.8) is 0 Å². The second-order valence-electron chi connectivity index (χ2n) is 8.35. The lowest BCUT2D eigenvalue weighted by atomic mass is 10.1. The maximum absolute atomic E-state index is 13.5. The number of anilines is 2. The van der Waals surface area contributed by atoms with Gasteiger partial charge in [-0.2, -0.15) is 0 Å². The second-order valence-corrected chi connectivity index (χ2v) is 9.53. The third-order valence-corrected chi connectivity index (χ3v) is 6.83. The fourth-order valence-corrected chi connectivity index (χ4v) is 4.84. The molecule has 2 N–H and O–H groups in total. The van der Waals surface area contributed by atoms with E-state index in [9.17, 15) is 9.59 Å². The van der Waals surface area contributed by atoms with Crippen LogP contribution in [-0.4, -0.2) is 26.0 Å². The average Bonchev–Trinajstić information content (AvgIpc) is 2.92. The SMILES string of the molecule is COc1cc(NC(=O)C(Sc2cccc(NC(=O)c3cccc(C)c3)c2)c2ccccc2)cc(OC)c1. The Bertz CT molecular complexity index is 1370. The molecule has 188 valence electrons. The van der Waals surface area contributed by atoms with Gasteiger partial charge >= 0.3 is 0 Å². The summed E-state index contributed by atoms with van der Waals surface area (Å²) in [4.78, 5) is 27.1. The third kappa shape index (κ3) is 6.92. The highest BCUT2D eigenvalue weighted by Gasteiger charge is 2.23. The Morgan fingerprint density at radius 1 is 0.730 bits per heavy atom. The van der Waals surface area contributed by atoms with E-state index in [1.54, 1.807) is 38.5 Å². The van der Waals surface area contributed by atoms with Crippen molar-refractivity contribution in [3.05, 3.63) is 114 Å². The summed E-state index contributed by atoms with van der Waals surface area (Å²) in [5.74, 6) is 0.780. The molecule has 4 aromatic carbocycles. The van der Waals surface area contributed by atoms with Gasteiger partial charge in [0.05, 0.1) is 14.2 Å². The Kier molecular flexibility index (Phi) is 8.48. The number of nitrogens with one attached hydrogen (secondary N) is 2. The van der Waals surface area contributed by atoms with Crippen LogP contribution in [0.2, 0.25) is 0 Å². The zero-order valence-electron chi connectivity index (χ0n) is 20.9. The Morgan fingerprint density at radius 2 is 1.43 bits per heavy atom. The van der Waals surface area contributed by atoms with Gasteiger partial charge in [-0.3, -0.25) is 9.59 Å². The van der Waals surface area contributed by atoms with E-state index in [0.29, 0.717) is 28.4 Å². The molecule has 0 bridgehead atoms. The quantitative estimate of drug-likeness (QED) is 0.243. The molecule has 0 saturated carbocycles. The summed E-state index contributed by atoms with van der Waals surface area (Å²) in [7, 11) is 3.13. The molecule has 1 unspecified atom stereocenters. The number of aryl methyl sites for hydroxylation is 1. The predicted octanol–water partition coefficient (Wildman–Crippen LogP) is 6.74. The number of thioether (sulfide) groups is 1. The summed E-state index contributed by atoms with van der Waals surface area (Å²) in [6.07, 6.45) is 0. The Balaban J connectivity index is 1.56. The van der Waals surface area contributed by atoms with Gasteiger partial charge in [-0.15, -0.1) is 11.8 Å². The van der Waals surface area contributed by atoms with Crippen LogP contribution in [0.3, 0.4) is 0 Å².